The molecule has 1 unspecified atom stereocenters. The van der Waals surface area contributed by atoms with Crippen LogP contribution in [-0.2, 0) is 16.1 Å². The third-order valence-corrected chi connectivity index (χ3v) is 3.88. The van der Waals surface area contributed by atoms with E-state index < -0.39 is 5.97 Å². The second-order valence-corrected chi connectivity index (χ2v) is 5.43. The van der Waals surface area contributed by atoms with Crippen molar-refractivity contribution in [2.75, 3.05) is 6.54 Å². The summed E-state index contributed by atoms with van der Waals surface area (Å²) < 4.78 is 1.71. The van der Waals surface area contributed by atoms with Crippen LogP contribution in [0.25, 0.3) is 0 Å². The lowest BCUT2D eigenvalue weighted by atomic mass is 9.97. The molecule has 2 heterocycles. The maximum absolute atomic E-state index is 12.3. The number of nitrogens with zero attached hydrogens (tertiary/aromatic N) is 4. The Morgan fingerprint density at radius 3 is 2.86 bits per heavy atom. The van der Waals surface area contributed by atoms with E-state index in [1.807, 2.05) is 4.90 Å². The summed E-state index contributed by atoms with van der Waals surface area (Å²) >= 11 is 0. The van der Waals surface area contributed by atoms with Crippen LogP contribution in [-0.4, -0.2) is 49.2 Å². The third kappa shape index (κ3) is 4.84. The van der Waals surface area contributed by atoms with Crippen LogP contribution >= 0.6 is 0 Å². The Balaban J connectivity index is 1.78. The fourth-order valence-corrected chi connectivity index (χ4v) is 2.80. The lowest BCUT2D eigenvalue weighted by Crippen LogP contribution is -2.43. The highest BCUT2D eigenvalue weighted by Crippen LogP contribution is 2.22. The highest BCUT2D eigenvalue weighted by Gasteiger charge is 2.26. The molecule has 0 bridgehead atoms. The maximum atomic E-state index is 12.3. The fourth-order valence-electron chi connectivity index (χ4n) is 2.80. The highest BCUT2D eigenvalue weighted by molar-refractivity contribution is 5.76. The first-order chi connectivity index (χ1) is 10.2. The number of rotatable bonds is 7. The Kier molecular flexibility index (Phi) is 5.71. The van der Waals surface area contributed by atoms with Crippen LogP contribution in [0.5, 0.6) is 0 Å². The van der Waals surface area contributed by atoms with Crippen molar-refractivity contribution >= 4 is 11.9 Å². The minimum atomic E-state index is -0.792. The summed E-state index contributed by atoms with van der Waals surface area (Å²) in [4.78, 5) is 28.8. The van der Waals surface area contributed by atoms with Gasteiger partial charge >= 0.3 is 5.97 Å². The number of likely N-dealkylation sites (tertiary alicyclic amines) is 1. The number of aromatic nitrogens is 3. The van der Waals surface area contributed by atoms with E-state index >= 15 is 0 Å². The van der Waals surface area contributed by atoms with Crippen LogP contribution in [0.15, 0.2) is 12.7 Å². The predicted molar refractivity (Wildman–Crippen MR) is 75.5 cm³/mol. The van der Waals surface area contributed by atoms with Gasteiger partial charge in [-0.3, -0.25) is 14.3 Å². The summed E-state index contributed by atoms with van der Waals surface area (Å²) in [6.07, 6.45) is 8.02. The molecule has 21 heavy (non-hydrogen) atoms. The number of carbonyl (C=O) groups excluding carboxylic acids is 1. The van der Waals surface area contributed by atoms with Gasteiger partial charge in [-0.25, -0.2) is 4.98 Å². The Morgan fingerprint density at radius 2 is 2.14 bits per heavy atom. The van der Waals surface area contributed by atoms with E-state index in [-0.39, 0.29) is 18.4 Å². The van der Waals surface area contributed by atoms with E-state index in [0.717, 1.165) is 32.2 Å². The van der Waals surface area contributed by atoms with Gasteiger partial charge in [0, 0.05) is 32.0 Å². The van der Waals surface area contributed by atoms with Crippen molar-refractivity contribution in [1.29, 1.82) is 0 Å². The number of carboxylic acid groups (broad SMARTS) is 1. The Hall–Kier alpha value is -1.92. The van der Waals surface area contributed by atoms with Crippen molar-refractivity contribution in [1.82, 2.24) is 19.7 Å². The Morgan fingerprint density at radius 1 is 1.29 bits per heavy atom. The number of piperidine rings is 1. The quantitative estimate of drug-likeness (QED) is 0.819. The van der Waals surface area contributed by atoms with Gasteiger partial charge in [0.1, 0.15) is 12.7 Å². The molecule has 0 spiro atoms. The predicted octanol–water partition coefficient (Wildman–Crippen LogP) is 1.30. The van der Waals surface area contributed by atoms with Crippen LogP contribution in [0.2, 0.25) is 0 Å². The highest BCUT2D eigenvalue weighted by atomic mass is 16.4. The summed E-state index contributed by atoms with van der Waals surface area (Å²) in [6.45, 7) is 1.44. The number of hydrogen-bond donors (Lipinski definition) is 1. The van der Waals surface area contributed by atoms with Gasteiger partial charge in [0.2, 0.25) is 5.91 Å². The molecule has 7 heteroatoms. The maximum Gasteiger partial charge on any atom is 0.303 e. The van der Waals surface area contributed by atoms with Crippen LogP contribution in [0.4, 0.5) is 0 Å². The molecule has 0 aliphatic carbocycles. The second kappa shape index (κ2) is 7.75. The van der Waals surface area contributed by atoms with Crippen molar-refractivity contribution in [2.24, 2.45) is 0 Å². The van der Waals surface area contributed by atoms with E-state index in [1.54, 1.807) is 11.0 Å². The summed E-state index contributed by atoms with van der Waals surface area (Å²) in [6, 6.07) is 0.0914. The molecule has 0 aromatic carbocycles. The first kappa shape index (κ1) is 15.5. The lowest BCUT2D eigenvalue weighted by molar-refractivity contribution is -0.140. The molecule has 1 aromatic rings. The number of aryl methyl sites for hydroxylation is 1. The van der Waals surface area contributed by atoms with Gasteiger partial charge < -0.3 is 10.0 Å². The van der Waals surface area contributed by atoms with Gasteiger partial charge in [-0.1, -0.05) is 0 Å². The molecule has 1 aromatic heterocycles. The molecular weight excluding hydrogens is 272 g/mol. The number of carbonyl (C=O) groups is 2. The molecule has 1 atom stereocenters. The minimum Gasteiger partial charge on any atom is -0.481 e. The van der Waals surface area contributed by atoms with Gasteiger partial charge in [-0.15, -0.1) is 0 Å². The number of carboxylic acids is 1. The summed E-state index contributed by atoms with van der Waals surface area (Å²) in [5.74, 6) is -0.663. The van der Waals surface area contributed by atoms with Crippen molar-refractivity contribution in [2.45, 2.75) is 57.5 Å². The molecule has 1 fully saturated rings. The lowest BCUT2D eigenvalue weighted by Gasteiger charge is -2.35. The molecule has 0 saturated carbocycles. The zero-order chi connectivity index (χ0) is 15.1. The van der Waals surface area contributed by atoms with E-state index in [1.165, 1.54) is 6.33 Å². The number of aliphatic carboxylic acids is 1. The molecule has 1 aliphatic rings. The first-order valence-corrected chi connectivity index (χ1v) is 7.50. The minimum absolute atomic E-state index is 0.0914. The summed E-state index contributed by atoms with van der Waals surface area (Å²) in [7, 11) is 0. The zero-order valence-electron chi connectivity index (χ0n) is 12.1. The second-order valence-electron chi connectivity index (χ2n) is 5.43. The van der Waals surface area contributed by atoms with Crippen molar-refractivity contribution in [3.63, 3.8) is 0 Å². The van der Waals surface area contributed by atoms with E-state index in [4.69, 9.17) is 5.11 Å². The van der Waals surface area contributed by atoms with E-state index in [2.05, 4.69) is 10.1 Å². The molecule has 1 amide bonds. The van der Waals surface area contributed by atoms with Gasteiger partial charge in [0.25, 0.3) is 0 Å². The molecule has 1 saturated heterocycles. The van der Waals surface area contributed by atoms with Gasteiger partial charge in [0.15, 0.2) is 0 Å². The summed E-state index contributed by atoms with van der Waals surface area (Å²) in [5.41, 5.74) is 0. The number of amides is 1. The smallest absolute Gasteiger partial charge is 0.303 e. The normalized spacial score (nSPS) is 18.7. The van der Waals surface area contributed by atoms with Gasteiger partial charge in [0.05, 0.1) is 0 Å². The average molecular weight is 294 g/mol. The topological polar surface area (TPSA) is 88.3 Å². The van der Waals surface area contributed by atoms with E-state index in [0.29, 0.717) is 19.4 Å². The standard InChI is InChI=1S/C14H22N4O3/c19-13(5-3-8-17-11-15-10-16-17)18-9-2-1-4-12(18)6-7-14(20)21/h10-12H,1-9H2,(H,20,21). The van der Waals surface area contributed by atoms with Crippen molar-refractivity contribution in [3.8, 4) is 0 Å². The molecule has 116 valence electrons. The fraction of sp³-hybridized carbons (Fsp3) is 0.714. The Bertz CT molecular complexity index is 461. The van der Waals surface area contributed by atoms with Crippen molar-refractivity contribution < 1.29 is 14.7 Å². The third-order valence-electron chi connectivity index (χ3n) is 3.88. The monoisotopic (exact) mass is 294 g/mol. The SMILES string of the molecule is O=C(O)CCC1CCCCN1C(=O)CCCn1cncn1. The van der Waals surface area contributed by atoms with Crippen LogP contribution in [0.1, 0.15) is 44.9 Å². The molecule has 0 radical (unpaired) electrons. The molecule has 1 N–H and O–H groups in total. The van der Waals surface area contributed by atoms with Gasteiger partial charge in [-0.2, -0.15) is 5.10 Å². The van der Waals surface area contributed by atoms with Crippen LogP contribution in [0, 0.1) is 0 Å². The summed E-state index contributed by atoms with van der Waals surface area (Å²) in [5, 5.41) is 12.8. The average Bonchev–Trinajstić information content (AvgIpc) is 2.98. The molecule has 7 nitrogen and oxygen atoms in total. The zero-order valence-corrected chi connectivity index (χ0v) is 12.1. The Labute approximate surface area is 124 Å². The molecular formula is C14H22N4O3. The van der Waals surface area contributed by atoms with Crippen LogP contribution in [0.3, 0.4) is 0 Å². The van der Waals surface area contributed by atoms with Crippen LogP contribution < -0.4 is 0 Å². The molecule has 2 rings (SSSR count). The number of hydrogen-bond acceptors (Lipinski definition) is 4. The molecule has 1 aliphatic heterocycles. The van der Waals surface area contributed by atoms with Gasteiger partial charge in [-0.05, 0) is 32.1 Å². The first-order valence-electron chi connectivity index (χ1n) is 7.50. The largest absolute Gasteiger partial charge is 0.481 e. The van der Waals surface area contributed by atoms with E-state index in [9.17, 15) is 9.59 Å². The van der Waals surface area contributed by atoms with Crippen molar-refractivity contribution in [3.05, 3.63) is 12.7 Å².